The van der Waals surface area contributed by atoms with Gasteiger partial charge in [0.2, 0.25) is 0 Å². The van der Waals surface area contributed by atoms with Crippen LogP contribution < -0.4 is 10.1 Å². The first-order valence-corrected chi connectivity index (χ1v) is 7.92. The van der Waals surface area contributed by atoms with Crippen molar-refractivity contribution < 1.29 is 9.53 Å². The summed E-state index contributed by atoms with van der Waals surface area (Å²) < 4.78 is 6.21. The zero-order valence-electron chi connectivity index (χ0n) is 12.1. The summed E-state index contributed by atoms with van der Waals surface area (Å²) in [6.07, 6.45) is 0.835. The second kappa shape index (κ2) is 7.45. The number of nitrogens with one attached hydrogen (secondary N) is 1. The molecule has 0 aliphatic carbocycles. The molecular weight excluding hydrogens is 377 g/mol. The van der Waals surface area contributed by atoms with E-state index in [0.29, 0.717) is 5.56 Å². The summed E-state index contributed by atoms with van der Waals surface area (Å²) in [5, 5.41) is 3.08. The van der Waals surface area contributed by atoms with Crippen LogP contribution in [0, 0.1) is 3.57 Å². The van der Waals surface area contributed by atoms with Crippen molar-refractivity contribution in [2.75, 3.05) is 7.11 Å². The van der Waals surface area contributed by atoms with E-state index in [1.165, 1.54) is 0 Å². The standard InChI is InChI=1S/C17H18INO2/c1-3-16(12-7-9-15(21-2)10-8-12)19-17(20)13-5-4-6-14(18)11-13/h4-11,16H,3H2,1-2H3,(H,19,20)/t16-/m0/s1. The van der Waals surface area contributed by atoms with E-state index < -0.39 is 0 Å². The Hall–Kier alpha value is -1.56. The van der Waals surface area contributed by atoms with Crippen LogP contribution in [-0.2, 0) is 0 Å². The molecular formula is C17H18INO2. The second-order valence-corrected chi connectivity index (χ2v) is 5.96. The molecule has 0 radical (unpaired) electrons. The van der Waals surface area contributed by atoms with Crippen molar-refractivity contribution in [2.24, 2.45) is 0 Å². The minimum atomic E-state index is -0.0452. The highest BCUT2D eigenvalue weighted by Crippen LogP contribution is 2.20. The van der Waals surface area contributed by atoms with Gasteiger partial charge in [-0.1, -0.05) is 25.1 Å². The summed E-state index contributed by atoms with van der Waals surface area (Å²) in [6.45, 7) is 2.06. The molecule has 0 saturated heterocycles. The summed E-state index contributed by atoms with van der Waals surface area (Å²) in [4.78, 5) is 12.3. The van der Waals surface area contributed by atoms with Gasteiger partial charge >= 0.3 is 0 Å². The molecule has 1 amide bonds. The Bertz CT molecular complexity index is 610. The molecule has 4 heteroatoms. The van der Waals surface area contributed by atoms with Crippen molar-refractivity contribution in [2.45, 2.75) is 19.4 Å². The predicted octanol–water partition coefficient (Wildman–Crippen LogP) is 4.18. The van der Waals surface area contributed by atoms with E-state index in [4.69, 9.17) is 4.74 Å². The Labute approximate surface area is 138 Å². The number of rotatable bonds is 5. The number of amides is 1. The Morgan fingerprint density at radius 3 is 2.52 bits per heavy atom. The van der Waals surface area contributed by atoms with E-state index in [9.17, 15) is 4.79 Å². The van der Waals surface area contributed by atoms with Gasteiger partial charge in [0, 0.05) is 9.13 Å². The molecule has 0 fully saturated rings. The number of hydrogen-bond donors (Lipinski definition) is 1. The van der Waals surface area contributed by atoms with Gasteiger partial charge in [-0.25, -0.2) is 0 Å². The van der Waals surface area contributed by atoms with Crippen LogP contribution >= 0.6 is 22.6 Å². The third-order valence-electron chi connectivity index (χ3n) is 3.32. The number of carbonyl (C=O) groups is 1. The topological polar surface area (TPSA) is 38.3 Å². The molecule has 0 unspecified atom stereocenters. The van der Waals surface area contributed by atoms with Crippen LogP contribution in [0.15, 0.2) is 48.5 Å². The van der Waals surface area contributed by atoms with Crippen molar-refractivity contribution >= 4 is 28.5 Å². The van der Waals surface area contributed by atoms with Crippen LogP contribution in [0.5, 0.6) is 5.75 Å². The fourth-order valence-electron chi connectivity index (χ4n) is 2.13. The Morgan fingerprint density at radius 1 is 1.24 bits per heavy atom. The molecule has 2 rings (SSSR count). The molecule has 0 bridgehead atoms. The van der Waals surface area contributed by atoms with Gasteiger partial charge in [0.15, 0.2) is 0 Å². The van der Waals surface area contributed by atoms with Crippen molar-refractivity contribution in [1.82, 2.24) is 5.32 Å². The van der Waals surface area contributed by atoms with Gasteiger partial charge in [0.05, 0.1) is 13.2 Å². The lowest BCUT2D eigenvalue weighted by atomic mass is 10.0. The van der Waals surface area contributed by atoms with E-state index in [-0.39, 0.29) is 11.9 Å². The van der Waals surface area contributed by atoms with E-state index in [1.54, 1.807) is 7.11 Å². The largest absolute Gasteiger partial charge is 0.497 e. The highest BCUT2D eigenvalue weighted by Gasteiger charge is 2.14. The van der Waals surface area contributed by atoms with Crippen LogP contribution in [-0.4, -0.2) is 13.0 Å². The lowest BCUT2D eigenvalue weighted by Crippen LogP contribution is -2.28. The molecule has 0 spiro atoms. The lowest BCUT2D eigenvalue weighted by molar-refractivity contribution is 0.0935. The Morgan fingerprint density at radius 2 is 1.95 bits per heavy atom. The van der Waals surface area contributed by atoms with E-state index in [2.05, 4.69) is 34.8 Å². The van der Waals surface area contributed by atoms with E-state index in [1.807, 2.05) is 48.5 Å². The molecule has 3 nitrogen and oxygen atoms in total. The van der Waals surface area contributed by atoms with Gasteiger partial charge in [0.25, 0.3) is 5.91 Å². The van der Waals surface area contributed by atoms with Gasteiger partial charge in [0.1, 0.15) is 5.75 Å². The normalized spacial score (nSPS) is 11.8. The van der Waals surface area contributed by atoms with Gasteiger partial charge in [-0.2, -0.15) is 0 Å². The number of ether oxygens (including phenoxy) is 1. The summed E-state index contributed by atoms with van der Waals surface area (Å²) >= 11 is 2.21. The van der Waals surface area contributed by atoms with Crippen LogP contribution in [0.2, 0.25) is 0 Å². The Kier molecular flexibility index (Phi) is 5.61. The lowest BCUT2D eigenvalue weighted by Gasteiger charge is -2.18. The second-order valence-electron chi connectivity index (χ2n) is 4.72. The number of halogens is 1. The first-order valence-electron chi connectivity index (χ1n) is 6.84. The van der Waals surface area contributed by atoms with Gasteiger partial charge in [-0.3, -0.25) is 4.79 Å². The average molecular weight is 395 g/mol. The summed E-state index contributed by atoms with van der Waals surface area (Å²) in [5.74, 6) is 0.772. The smallest absolute Gasteiger partial charge is 0.251 e. The van der Waals surface area contributed by atoms with Crippen LogP contribution in [0.25, 0.3) is 0 Å². The summed E-state index contributed by atoms with van der Waals surface area (Å²) in [7, 11) is 1.64. The van der Waals surface area contributed by atoms with Crippen LogP contribution in [0.1, 0.15) is 35.3 Å². The number of hydrogen-bond acceptors (Lipinski definition) is 2. The Balaban J connectivity index is 2.12. The molecule has 2 aromatic carbocycles. The minimum absolute atomic E-state index is 0.00118. The highest BCUT2D eigenvalue weighted by molar-refractivity contribution is 14.1. The first kappa shape index (κ1) is 15.8. The molecule has 21 heavy (non-hydrogen) atoms. The fourth-order valence-corrected chi connectivity index (χ4v) is 2.67. The maximum absolute atomic E-state index is 12.3. The van der Waals surface area contributed by atoms with E-state index >= 15 is 0 Å². The molecule has 110 valence electrons. The third-order valence-corrected chi connectivity index (χ3v) is 3.99. The number of carbonyl (C=O) groups excluding carboxylic acids is 1. The summed E-state index contributed by atoms with van der Waals surface area (Å²) in [6, 6.07) is 15.4. The molecule has 1 atom stereocenters. The number of methoxy groups -OCH3 is 1. The van der Waals surface area contributed by atoms with Crippen molar-refractivity contribution in [3.8, 4) is 5.75 Å². The monoisotopic (exact) mass is 395 g/mol. The molecule has 2 aromatic rings. The van der Waals surface area contributed by atoms with Gasteiger partial charge in [-0.05, 0) is 64.9 Å². The molecule has 0 aromatic heterocycles. The van der Waals surface area contributed by atoms with Crippen molar-refractivity contribution in [3.05, 3.63) is 63.2 Å². The highest BCUT2D eigenvalue weighted by atomic mass is 127. The van der Waals surface area contributed by atoms with Gasteiger partial charge < -0.3 is 10.1 Å². The van der Waals surface area contributed by atoms with Crippen LogP contribution in [0.4, 0.5) is 0 Å². The van der Waals surface area contributed by atoms with E-state index in [0.717, 1.165) is 21.3 Å². The average Bonchev–Trinajstić information content (AvgIpc) is 2.52. The fraction of sp³-hybridized carbons (Fsp3) is 0.235. The van der Waals surface area contributed by atoms with Crippen molar-refractivity contribution in [3.63, 3.8) is 0 Å². The molecule has 0 heterocycles. The SMILES string of the molecule is CC[C@H](NC(=O)c1cccc(I)c1)c1ccc(OC)cc1. The molecule has 1 N–H and O–H groups in total. The summed E-state index contributed by atoms with van der Waals surface area (Å²) in [5.41, 5.74) is 1.77. The first-order chi connectivity index (χ1) is 10.1. The van der Waals surface area contributed by atoms with Crippen LogP contribution in [0.3, 0.4) is 0 Å². The molecule has 0 aliphatic heterocycles. The third kappa shape index (κ3) is 4.20. The zero-order chi connectivity index (χ0) is 15.2. The zero-order valence-corrected chi connectivity index (χ0v) is 14.3. The van der Waals surface area contributed by atoms with Crippen molar-refractivity contribution in [1.29, 1.82) is 0 Å². The quantitative estimate of drug-likeness (QED) is 0.772. The molecule has 0 saturated carbocycles. The molecule has 0 aliphatic rings. The number of benzene rings is 2. The van der Waals surface area contributed by atoms with Gasteiger partial charge in [-0.15, -0.1) is 0 Å². The maximum Gasteiger partial charge on any atom is 0.251 e. The minimum Gasteiger partial charge on any atom is -0.497 e. The predicted molar refractivity (Wildman–Crippen MR) is 92.7 cm³/mol. The maximum atomic E-state index is 12.3.